The highest BCUT2D eigenvalue weighted by molar-refractivity contribution is 6.30. The molecule has 2 aromatic carbocycles. The van der Waals surface area contributed by atoms with E-state index in [-0.39, 0.29) is 25.6 Å². The summed E-state index contributed by atoms with van der Waals surface area (Å²) in [6.07, 6.45) is 0.0810. The van der Waals surface area contributed by atoms with Crippen LogP contribution in [0.1, 0.15) is 5.56 Å². The number of hydrogen-bond acceptors (Lipinski definition) is 6. The van der Waals surface area contributed by atoms with E-state index in [0.717, 1.165) is 0 Å². The van der Waals surface area contributed by atoms with Crippen LogP contribution in [-0.2, 0) is 16.0 Å². The van der Waals surface area contributed by atoms with Gasteiger partial charge in [-0.2, -0.15) is 0 Å². The fourth-order valence-corrected chi connectivity index (χ4v) is 2.43. The molecule has 6 nitrogen and oxygen atoms in total. The lowest BCUT2D eigenvalue weighted by atomic mass is 10.1. The van der Waals surface area contributed by atoms with Crippen LogP contribution >= 0.6 is 11.6 Å². The number of hydrogen-bond donors (Lipinski definition) is 0. The summed E-state index contributed by atoms with van der Waals surface area (Å²) in [5.41, 5.74) is 0.697. The first-order chi connectivity index (χ1) is 12.6. The Morgan fingerprint density at radius 1 is 0.923 bits per heavy atom. The lowest BCUT2D eigenvalue weighted by molar-refractivity contribution is -0.143. The summed E-state index contributed by atoms with van der Waals surface area (Å²) >= 11 is 5.80. The van der Waals surface area contributed by atoms with Crippen LogP contribution < -0.4 is 18.9 Å². The topological polar surface area (TPSA) is 63.2 Å². The zero-order valence-electron chi connectivity index (χ0n) is 14.9. The van der Waals surface area contributed by atoms with Crippen LogP contribution in [0.15, 0.2) is 36.4 Å². The van der Waals surface area contributed by atoms with Crippen molar-refractivity contribution in [3.63, 3.8) is 0 Å². The molecule has 0 fully saturated rings. The van der Waals surface area contributed by atoms with Crippen LogP contribution in [0.5, 0.6) is 23.0 Å². The van der Waals surface area contributed by atoms with Gasteiger partial charge in [-0.3, -0.25) is 4.79 Å². The molecule has 0 aliphatic rings. The van der Waals surface area contributed by atoms with Crippen molar-refractivity contribution < 1.29 is 28.5 Å². The third kappa shape index (κ3) is 5.46. The quantitative estimate of drug-likeness (QED) is 0.490. The maximum Gasteiger partial charge on any atom is 0.310 e. The predicted molar refractivity (Wildman–Crippen MR) is 97.7 cm³/mol. The molecule has 0 aliphatic heterocycles. The Bertz CT molecular complexity index is 704. The van der Waals surface area contributed by atoms with Gasteiger partial charge in [0.2, 0.25) is 5.75 Å². The van der Waals surface area contributed by atoms with Crippen molar-refractivity contribution in [1.29, 1.82) is 0 Å². The van der Waals surface area contributed by atoms with E-state index in [1.54, 1.807) is 36.4 Å². The van der Waals surface area contributed by atoms with Gasteiger partial charge in [0.05, 0.1) is 27.8 Å². The van der Waals surface area contributed by atoms with E-state index in [4.69, 9.17) is 35.3 Å². The highest BCUT2D eigenvalue weighted by Crippen LogP contribution is 2.38. The third-order valence-electron chi connectivity index (χ3n) is 3.50. The summed E-state index contributed by atoms with van der Waals surface area (Å²) in [4.78, 5) is 12.0. The summed E-state index contributed by atoms with van der Waals surface area (Å²) in [5, 5.41) is 0.633. The predicted octanol–water partition coefficient (Wildman–Crippen LogP) is 3.53. The SMILES string of the molecule is COc1cc(CC(=O)OCCOc2ccc(Cl)cc2)cc(OC)c1OC. The van der Waals surface area contributed by atoms with Gasteiger partial charge in [-0.15, -0.1) is 0 Å². The molecule has 0 bridgehead atoms. The van der Waals surface area contributed by atoms with Gasteiger partial charge in [0.15, 0.2) is 11.5 Å². The van der Waals surface area contributed by atoms with Gasteiger partial charge in [0.1, 0.15) is 19.0 Å². The Morgan fingerprint density at radius 3 is 2.08 bits per heavy atom. The summed E-state index contributed by atoms with van der Waals surface area (Å²) in [5.74, 6) is 1.74. The van der Waals surface area contributed by atoms with Crippen LogP contribution in [0.4, 0.5) is 0 Å². The van der Waals surface area contributed by atoms with Crippen molar-refractivity contribution in [2.24, 2.45) is 0 Å². The molecule has 0 radical (unpaired) electrons. The monoisotopic (exact) mass is 380 g/mol. The van der Waals surface area contributed by atoms with Crippen LogP contribution in [0.25, 0.3) is 0 Å². The number of rotatable bonds is 9. The van der Waals surface area contributed by atoms with Crippen LogP contribution in [0, 0.1) is 0 Å². The zero-order valence-corrected chi connectivity index (χ0v) is 15.7. The number of esters is 1. The summed E-state index contributed by atoms with van der Waals surface area (Å²) < 4.78 is 26.5. The molecule has 0 saturated heterocycles. The Kier molecular flexibility index (Phi) is 7.41. The van der Waals surface area contributed by atoms with E-state index in [1.807, 2.05) is 0 Å². The molecular formula is C19H21ClO6. The van der Waals surface area contributed by atoms with Gasteiger partial charge >= 0.3 is 5.97 Å². The number of methoxy groups -OCH3 is 3. The highest BCUT2D eigenvalue weighted by Gasteiger charge is 2.15. The minimum Gasteiger partial charge on any atom is -0.493 e. The Hall–Kier alpha value is -2.60. The average Bonchev–Trinajstić information content (AvgIpc) is 2.65. The smallest absolute Gasteiger partial charge is 0.310 e. The van der Waals surface area contributed by atoms with Crippen molar-refractivity contribution >= 4 is 17.6 Å². The van der Waals surface area contributed by atoms with Crippen molar-refractivity contribution in [1.82, 2.24) is 0 Å². The van der Waals surface area contributed by atoms with E-state index in [0.29, 0.717) is 33.6 Å². The molecule has 7 heteroatoms. The first-order valence-corrected chi connectivity index (χ1v) is 8.28. The Morgan fingerprint density at radius 2 is 1.54 bits per heavy atom. The second-order valence-electron chi connectivity index (χ2n) is 5.23. The second-order valence-corrected chi connectivity index (χ2v) is 5.67. The van der Waals surface area contributed by atoms with E-state index < -0.39 is 0 Å². The average molecular weight is 381 g/mol. The van der Waals surface area contributed by atoms with Crippen molar-refractivity contribution in [2.75, 3.05) is 34.5 Å². The van der Waals surface area contributed by atoms with E-state index in [1.165, 1.54) is 21.3 Å². The molecule has 0 atom stereocenters. The molecule has 2 rings (SSSR count). The first kappa shape index (κ1) is 19.7. The minimum atomic E-state index is -0.376. The molecule has 0 saturated carbocycles. The van der Waals surface area contributed by atoms with Gasteiger partial charge in [-0.25, -0.2) is 0 Å². The van der Waals surface area contributed by atoms with E-state index in [2.05, 4.69) is 0 Å². The fraction of sp³-hybridized carbons (Fsp3) is 0.316. The number of benzene rings is 2. The zero-order chi connectivity index (χ0) is 18.9. The normalized spacial score (nSPS) is 10.2. The molecule has 0 amide bonds. The molecule has 0 aromatic heterocycles. The number of halogens is 1. The molecule has 0 N–H and O–H groups in total. The molecular weight excluding hydrogens is 360 g/mol. The van der Waals surface area contributed by atoms with Crippen LogP contribution in [-0.4, -0.2) is 40.5 Å². The summed E-state index contributed by atoms with van der Waals surface area (Å²) in [6.45, 7) is 0.397. The lowest BCUT2D eigenvalue weighted by Crippen LogP contribution is -2.14. The maximum atomic E-state index is 12.0. The van der Waals surface area contributed by atoms with E-state index >= 15 is 0 Å². The van der Waals surface area contributed by atoms with Crippen LogP contribution in [0.2, 0.25) is 5.02 Å². The molecule has 2 aromatic rings. The molecule has 140 valence electrons. The number of ether oxygens (including phenoxy) is 5. The van der Waals surface area contributed by atoms with Gasteiger partial charge in [-0.05, 0) is 42.0 Å². The summed E-state index contributed by atoms with van der Waals surface area (Å²) in [7, 11) is 4.57. The minimum absolute atomic E-state index is 0.0810. The lowest BCUT2D eigenvalue weighted by Gasteiger charge is -2.14. The standard InChI is InChI=1S/C19H21ClO6/c1-22-16-10-13(11-17(23-2)19(16)24-3)12-18(21)26-9-8-25-15-6-4-14(20)5-7-15/h4-7,10-11H,8-9,12H2,1-3H3. The molecule has 0 aliphatic carbocycles. The molecule has 0 heterocycles. The van der Waals surface area contributed by atoms with Crippen LogP contribution in [0.3, 0.4) is 0 Å². The number of carbonyl (C=O) groups excluding carboxylic acids is 1. The molecule has 0 unspecified atom stereocenters. The first-order valence-electron chi connectivity index (χ1n) is 7.90. The third-order valence-corrected chi connectivity index (χ3v) is 3.75. The van der Waals surface area contributed by atoms with Crippen molar-refractivity contribution in [3.05, 3.63) is 47.0 Å². The highest BCUT2D eigenvalue weighted by atomic mass is 35.5. The fourth-order valence-electron chi connectivity index (χ4n) is 2.30. The van der Waals surface area contributed by atoms with E-state index in [9.17, 15) is 4.79 Å². The Balaban J connectivity index is 1.86. The molecule has 26 heavy (non-hydrogen) atoms. The van der Waals surface area contributed by atoms with Gasteiger partial charge in [-0.1, -0.05) is 11.6 Å². The molecule has 0 spiro atoms. The van der Waals surface area contributed by atoms with Crippen molar-refractivity contribution in [2.45, 2.75) is 6.42 Å². The number of carbonyl (C=O) groups is 1. The Labute approximate surface area is 157 Å². The van der Waals surface area contributed by atoms with Crippen molar-refractivity contribution in [3.8, 4) is 23.0 Å². The maximum absolute atomic E-state index is 12.0. The van der Waals surface area contributed by atoms with Gasteiger partial charge < -0.3 is 23.7 Å². The van der Waals surface area contributed by atoms with Gasteiger partial charge in [0, 0.05) is 5.02 Å². The largest absolute Gasteiger partial charge is 0.493 e. The summed E-state index contributed by atoms with van der Waals surface area (Å²) in [6, 6.07) is 10.4. The second kappa shape index (κ2) is 9.77. The van der Waals surface area contributed by atoms with Gasteiger partial charge in [0.25, 0.3) is 0 Å².